The first-order valence-corrected chi connectivity index (χ1v) is 6.46. The number of thiazole rings is 1. The first-order valence-electron chi connectivity index (χ1n) is 5.65. The van der Waals surface area contributed by atoms with E-state index in [1.54, 1.807) is 17.5 Å². The lowest BCUT2D eigenvalue weighted by Gasteiger charge is -2.19. The molecule has 0 fully saturated rings. The van der Waals surface area contributed by atoms with Gasteiger partial charge in [-0.25, -0.2) is 4.98 Å². The predicted molar refractivity (Wildman–Crippen MR) is 71.9 cm³/mol. The SMILES string of the molecule is CC(C)(C)NCc1cnc(-c2cccnc2)s1. The number of aromatic nitrogens is 2. The van der Waals surface area contributed by atoms with Crippen LogP contribution in [0.5, 0.6) is 0 Å². The van der Waals surface area contributed by atoms with Gasteiger partial charge in [-0.15, -0.1) is 11.3 Å². The van der Waals surface area contributed by atoms with Crippen LogP contribution in [0.15, 0.2) is 30.7 Å². The lowest BCUT2D eigenvalue weighted by molar-refractivity contribution is 0.426. The van der Waals surface area contributed by atoms with Gasteiger partial charge in [-0.1, -0.05) is 0 Å². The molecule has 0 aliphatic rings. The van der Waals surface area contributed by atoms with Crippen LogP contribution in [0, 0.1) is 0 Å². The molecule has 3 nitrogen and oxygen atoms in total. The summed E-state index contributed by atoms with van der Waals surface area (Å²) in [5.74, 6) is 0. The summed E-state index contributed by atoms with van der Waals surface area (Å²) >= 11 is 1.71. The van der Waals surface area contributed by atoms with Gasteiger partial charge in [-0.3, -0.25) is 4.98 Å². The predicted octanol–water partition coefficient (Wildman–Crippen LogP) is 3.09. The molecule has 0 aliphatic heterocycles. The number of rotatable bonds is 3. The summed E-state index contributed by atoms with van der Waals surface area (Å²) in [4.78, 5) is 9.78. The number of hydrogen-bond acceptors (Lipinski definition) is 4. The second kappa shape index (κ2) is 4.94. The van der Waals surface area contributed by atoms with E-state index in [0.717, 1.165) is 17.1 Å². The highest BCUT2D eigenvalue weighted by Gasteiger charge is 2.10. The molecule has 0 radical (unpaired) electrons. The summed E-state index contributed by atoms with van der Waals surface area (Å²) in [5.41, 5.74) is 1.22. The van der Waals surface area contributed by atoms with E-state index in [9.17, 15) is 0 Å². The summed E-state index contributed by atoms with van der Waals surface area (Å²) in [7, 11) is 0. The third-order valence-electron chi connectivity index (χ3n) is 2.26. The van der Waals surface area contributed by atoms with E-state index < -0.39 is 0 Å². The van der Waals surface area contributed by atoms with Crippen molar-refractivity contribution in [2.75, 3.05) is 0 Å². The molecule has 0 atom stereocenters. The molecule has 4 heteroatoms. The normalized spacial score (nSPS) is 11.7. The number of hydrogen-bond donors (Lipinski definition) is 1. The summed E-state index contributed by atoms with van der Waals surface area (Å²) in [6.07, 6.45) is 5.56. The first-order chi connectivity index (χ1) is 8.04. The Labute approximate surface area is 106 Å². The maximum absolute atomic E-state index is 4.43. The van der Waals surface area contributed by atoms with Gasteiger partial charge in [0.2, 0.25) is 0 Å². The fourth-order valence-electron chi connectivity index (χ4n) is 1.36. The number of nitrogens with zero attached hydrogens (tertiary/aromatic N) is 2. The Bertz CT molecular complexity index is 471. The van der Waals surface area contributed by atoms with Gasteiger partial charge in [0.05, 0.1) is 0 Å². The molecule has 0 saturated heterocycles. The Morgan fingerprint density at radius 1 is 1.29 bits per heavy atom. The van der Waals surface area contributed by atoms with E-state index in [1.807, 2.05) is 24.5 Å². The van der Waals surface area contributed by atoms with Gasteiger partial charge in [0, 0.05) is 41.1 Å². The Kier molecular flexibility index (Phi) is 3.54. The average Bonchev–Trinajstić information content (AvgIpc) is 2.75. The quantitative estimate of drug-likeness (QED) is 0.905. The van der Waals surface area contributed by atoms with Crippen LogP contribution in [0.3, 0.4) is 0 Å². The van der Waals surface area contributed by atoms with E-state index >= 15 is 0 Å². The van der Waals surface area contributed by atoms with Crippen LogP contribution in [-0.4, -0.2) is 15.5 Å². The van der Waals surface area contributed by atoms with Crippen molar-refractivity contribution in [2.45, 2.75) is 32.9 Å². The monoisotopic (exact) mass is 247 g/mol. The van der Waals surface area contributed by atoms with Crippen molar-refractivity contribution in [3.63, 3.8) is 0 Å². The van der Waals surface area contributed by atoms with Crippen molar-refractivity contribution in [1.82, 2.24) is 15.3 Å². The van der Waals surface area contributed by atoms with Gasteiger partial charge in [-0.2, -0.15) is 0 Å². The largest absolute Gasteiger partial charge is 0.307 e. The fourth-order valence-corrected chi connectivity index (χ4v) is 2.21. The van der Waals surface area contributed by atoms with E-state index in [2.05, 4.69) is 36.1 Å². The van der Waals surface area contributed by atoms with Crippen molar-refractivity contribution in [3.8, 4) is 10.6 Å². The minimum Gasteiger partial charge on any atom is -0.307 e. The van der Waals surface area contributed by atoms with E-state index in [4.69, 9.17) is 0 Å². The van der Waals surface area contributed by atoms with Crippen LogP contribution in [0.1, 0.15) is 25.6 Å². The Balaban J connectivity index is 2.07. The smallest absolute Gasteiger partial charge is 0.125 e. The molecule has 2 rings (SSSR count). The minimum atomic E-state index is 0.137. The van der Waals surface area contributed by atoms with E-state index in [0.29, 0.717) is 0 Å². The van der Waals surface area contributed by atoms with Crippen molar-refractivity contribution < 1.29 is 0 Å². The van der Waals surface area contributed by atoms with Gasteiger partial charge in [0.25, 0.3) is 0 Å². The lowest BCUT2D eigenvalue weighted by Crippen LogP contribution is -2.34. The molecule has 0 spiro atoms. The average molecular weight is 247 g/mol. The van der Waals surface area contributed by atoms with Crippen molar-refractivity contribution in [2.24, 2.45) is 0 Å². The summed E-state index contributed by atoms with van der Waals surface area (Å²) in [6.45, 7) is 7.35. The fraction of sp³-hybridized carbons (Fsp3) is 0.385. The van der Waals surface area contributed by atoms with E-state index in [-0.39, 0.29) is 5.54 Å². The van der Waals surface area contributed by atoms with Crippen molar-refractivity contribution in [3.05, 3.63) is 35.6 Å². The van der Waals surface area contributed by atoms with Gasteiger partial charge in [0.15, 0.2) is 0 Å². The highest BCUT2D eigenvalue weighted by atomic mass is 32.1. The Morgan fingerprint density at radius 3 is 2.76 bits per heavy atom. The third-order valence-corrected chi connectivity index (χ3v) is 3.30. The van der Waals surface area contributed by atoms with Crippen LogP contribution >= 0.6 is 11.3 Å². The zero-order valence-corrected chi connectivity index (χ0v) is 11.2. The highest BCUT2D eigenvalue weighted by Crippen LogP contribution is 2.24. The first kappa shape index (κ1) is 12.2. The van der Waals surface area contributed by atoms with Crippen LogP contribution in [0.2, 0.25) is 0 Å². The molecule has 1 N–H and O–H groups in total. The molecule has 0 unspecified atom stereocenters. The van der Waals surface area contributed by atoms with Gasteiger partial charge >= 0.3 is 0 Å². The molecule has 2 aromatic rings. The van der Waals surface area contributed by atoms with Gasteiger partial charge < -0.3 is 5.32 Å². The standard InChI is InChI=1S/C13H17N3S/c1-13(2,3)16-9-11-8-15-12(17-11)10-5-4-6-14-7-10/h4-8,16H,9H2,1-3H3. The molecular formula is C13H17N3S. The number of nitrogens with one attached hydrogen (secondary N) is 1. The topological polar surface area (TPSA) is 37.8 Å². The lowest BCUT2D eigenvalue weighted by atomic mass is 10.1. The molecule has 2 aromatic heterocycles. The Hall–Kier alpha value is -1.26. The van der Waals surface area contributed by atoms with E-state index in [1.165, 1.54) is 4.88 Å². The van der Waals surface area contributed by atoms with Crippen molar-refractivity contribution in [1.29, 1.82) is 0 Å². The van der Waals surface area contributed by atoms with Crippen molar-refractivity contribution >= 4 is 11.3 Å². The van der Waals surface area contributed by atoms with Gasteiger partial charge in [-0.05, 0) is 32.9 Å². The molecule has 17 heavy (non-hydrogen) atoms. The van der Waals surface area contributed by atoms with Crippen LogP contribution < -0.4 is 5.32 Å². The molecular weight excluding hydrogens is 230 g/mol. The second-order valence-corrected chi connectivity index (χ2v) is 6.09. The molecule has 90 valence electrons. The van der Waals surface area contributed by atoms with Crippen LogP contribution in [-0.2, 0) is 6.54 Å². The summed E-state index contributed by atoms with van der Waals surface area (Å²) in [6, 6.07) is 3.97. The summed E-state index contributed by atoms with van der Waals surface area (Å²) in [5, 5.41) is 4.49. The molecule has 0 saturated carbocycles. The Morgan fingerprint density at radius 2 is 2.12 bits per heavy atom. The zero-order chi connectivity index (χ0) is 12.3. The zero-order valence-electron chi connectivity index (χ0n) is 10.4. The molecule has 0 bridgehead atoms. The highest BCUT2D eigenvalue weighted by molar-refractivity contribution is 7.15. The summed E-state index contributed by atoms with van der Waals surface area (Å²) < 4.78 is 0. The number of pyridine rings is 1. The minimum absolute atomic E-state index is 0.137. The third kappa shape index (κ3) is 3.61. The van der Waals surface area contributed by atoms with Gasteiger partial charge in [0.1, 0.15) is 5.01 Å². The van der Waals surface area contributed by atoms with Crippen LogP contribution in [0.4, 0.5) is 0 Å². The molecule has 0 aromatic carbocycles. The molecule has 0 aliphatic carbocycles. The molecule has 0 amide bonds. The maximum atomic E-state index is 4.43. The second-order valence-electron chi connectivity index (χ2n) is 4.98. The molecule has 2 heterocycles. The maximum Gasteiger partial charge on any atom is 0.125 e. The van der Waals surface area contributed by atoms with Crippen LogP contribution in [0.25, 0.3) is 10.6 Å².